The van der Waals surface area contributed by atoms with Crippen LogP contribution in [-0.2, 0) is 0 Å². The summed E-state index contributed by atoms with van der Waals surface area (Å²) in [5.41, 5.74) is 0. The standard InChI is InChI=1S/C12H21N3OS2/c1-5-13-7(2)12-14-11(15-16-12)10-6-17-8(3)9(4)18-10/h7-10,13H,5-6H2,1-4H3. The Bertz CT molecular complexity index is 385. The summed E-state index contributed by atoms with van der Waals surface area (Å²) in [5.74, 6) is 2.62. The molecule has 0 spiro atoms. The third kappa shape index (κ3) is 3.22. The monoisotopic (exact) mass is 287 g/mol. The van der Waals surface area contributed by atoms with Crippen molar-refractivity contribution in [1.29, 1.82) is 0 Å². The van der Waals surface area contributed by atoms with E-state index in [2.05, 4.69) is 36.2 Å². The summed E-state index contributed by atoms with van der Waals surface area (Å²) in [5, 5.41) is 9.14. The summed E-state index contributed by atoms with van der Waals surface area (Å²) < 4.78 is 5.35. The summed E-state index contributed by atoms with van der Waals surface area (Å²) in [7, 11) is 0. The molecule has 18 heavy (non-hydrogen) atoms. The Kier molecular flexibility index (Phi) is 4.98. The molecule has 1 saturated heterocycles. The molecule has 102 valence electrons. The molecule has 0 amide bonds. The lowest BCUT2D eigenvalue weighted by molar-refractivity contribution is 0.338. The minimum Gasteiger partial charge on any atom is -0.338 e. The molecule has 4 nitrogen and oxygen atoms in total. The highest BCUT2D eigenvalue weighted by Crippen LogP contribution is 2.43. The van der Waals surface area contributed by atoms with Crippen LogP contribution in [-0.4, -0.2) is 32.9 Å². The van der Waals surface area contributed by atoms with Gasteiger partial charge in [-0.2, -0.15) is 16.7 Å². The average molecular weight is 287 g/mol. The summed E-state index contributed by atoms with van der Waals surface area (Å²) in [6.45, 7) is 9.59. The van der Waals surface area contributed by atoms with Gasteiger partial charge in [0.1, 0.15) is 0 Å². The molecule has 6 heteroatoms. The lowest BCUT2D eigenvalue weighted by atomic mass is 10.3. The fourth-order valence-electron chi connectivity index (χ4n) is 1.87. The van der Waals surface area contributed by atoms with Gasteiger partial charge in [0.2, 0.25) is 5.89 Å². The second-order valence-electron chi connectivity index (χ2n) is 4.64. The fraction of sp³-hybridized carbons (Fsp3) is 0.833. The van der Waals surface area contributed by atoms with E-state index in [1.54, 1.807) is 0 Å². The van der Waals surface area contributed by atoms with Gasteiger partial charge in [-0.25, -0.2) is 0 Å². The van der Waals surface area contributed by atoms with Crippen LogP contribution in [0.1, 0.15) is 50.7 Å². The zero-order chi connectivity index (χ0) is 13.1. The molecule has 1 aromatic heterocycles. The first-order valence-electron chi connectivity index (χ1n) is 6.45. The number of aromatic nitrogens is 2. The Labute approximate surface area is 117 Å². The summed E-state index contributed by atoms with van der Waals surface area (Å²) in [4.78, 5) is 4.54. The Morgan fingerprint density at radius 2 is 2.22 bits per heavy atom. The van der Waals surface area contributed by atoms with Gasteiger partial charge in [0.25, 0.3) is 0 Å². The first-order valence-corrected chi connectivity index (χ1v) is 8.45. The van der Waals surface area contributed by atoms with Crippen LogP contribution in [0.3, 0.4) is 0 Å². The molecule has 1 aliphatic heterocycles. The van der Waals surface area contributed by atoms with Gasteiger partial charge in [0.15, 0.2) is 5.82 Å². The van der Waals surface area contributed by atoms with Crippen molar-refractivity contribution >= 4 is 23.5 Å². The predicted molar refractivity (Wildman–Crippen MR) is 78.1 cm³/mol. The van der Waals surface area contributed by atoms with Crippen molar-refractivity contribution in [3.05, 3.63) is 11.7 Å². The van der Waals surface area contributed by atoms with Gasteiger partial charge in [-0.05, 0) is 13.5 Å². The number of hydrogen-bond acceptors (Lipinski definition) is 6. The van der Waals surface area contributed by atoms with E-state index < -0.39 is 0 Å². The van der Waals surface area contributed by atoms with Gasteiger partial charge >= 0.3 is 0 Å². The van der Waals surface area contributed by atoms with Crippen molar-refractivity contribution in [2.24, 2.45) is 0 Å². The normalized spacial score (nSPS) is 30.3. The van der Waals surface area contributed by atoms with Crippen LogP contribution < -0.4 is 5.32 Å². The van der Waals surface area contributed by atoms with Gasteiger partial charge in [-0.15, -0.1) is 11.8 Å². The zero-order valence-corrected chi connectivity index (χ0v) is 13.0. The highest BCUT2D eigenvalue weighted by Gasteiger charge is 2.30. The number of thioether (sulfide) groups is 2. The van der Waals surface area contributed by atoms with E-state index in [0.717, 1.165) is 18.1 Å². The molecule has 4 atom stereocenters. The molecular formula is C12H21N3OS2. The van der Waals surface area contributed by atoms with Crippen LogP contribution in [0.25, 0.3) is 0 Å². The average Bonchev–Trinajstić information content (AvgIpc) is 2.82. The lowest BCUT2D eigenvalue weighted by Crippen LogP contribution is -2.22. The fourth-order valence-corrected chi connectivity index (χ4v) is 4.70. The first-order chi connectivity index (χ1) is 8.61. The second kappa shape index (κ2) is 6.30. The zero-order valence-electron chi connectivity index (χ0n) is 11.3. The summed E-state index contributed by atoms with van der Waals surface area (Å²) in [6, 6.07) is 0.133. The summed E-state index contributed by atoms with van der Waals surface area (Å²) >= 11 is 3.96. The minimum atomic E-state index is 0.133. The molecular weight excluding hydrogens is 266 g/mol. The number of hydrogen-bond donors (Lipinski definition) is 1. The molecule has 0 radical (unpaired) electrons. The number of rotatable bonds is 4. The summed E-state index contributed by atoms with van der Waals surface area (Å²) in [6.07, 6.45) is 0. The van der Waals surface area contributed by atoms with Crippen LogP contribution in [0.15, 0.2) is 4.52 Å². The van der Waals surface area contributed by atoms with Gasteiger partial charge < -0.3 is 9.84 Å². The largest absolute Gasteiger partial charge is 0.338 e. The Morgan fingerprint density at radius 1 is 1.44 bits per heavy atom. The van der Waals surface area contributed by atoms with Crippen LogP contribution in [0.4, 0.5) is 0 Å². The molecule has 0 bridgehead atoms. The van der Waals surface area contributed by atoms with Crippen LogP contribution in [0, 0.1) is 0 Å². The van der Waals surface area contributed by atoms with Gasteiger partial charge in [0.05, 0.1) is 11.3 Å². The highest BCUT2D eigenvalue weighted by molar-refractivity contribution is 8.07. The molecule has 4 unspecified atom stereocenters. The molecule has 1 aromatic rings. The maximum atomic E-state index is 5.35. The third-order valence-corrected chi connectivity index (χ3v) is 6.56. The van der Waals surface area contributed by atoms with Gasteiger partial charge in [-0.3, -0.25) is 0 Å². The van der Waals surface area contributed by atoms with E-state index in [-0.39, 0.29) is 6.04 Å². The predicted octanol–water partition coefficient (Wildman–Crippen LogP) is 3.04. The molecule has 1 aliphatic rings. The van der Waals surface area contributed by atoms with Crippen molar-refractivity contribution in [2.45, 2.75) is 49.5 Å². The van der Waals surface area contributed by atoms with E-state index in [1.165, 1.54) is 0 Å². The Morgan fingerprint density at radius 3 is 2.89 bits per heavy atom. The second-order valence-corrected chi connectivity index (χ2v) is 7.63. The quantitative estimate of drug-likeness (QED) is 0.918. The maximum absolute atomic E-state index is 5.35. The molecule has 0 aliphatic carbocycles. The topological polar surface area (TPSA) is 51.0 Å². The number of nitrogens with zero attached hydrogens (tertiary/aromatic N) is 2. The molecule has 2 rings (SSSR count). The minimum absolute atomic E-state index is 0.133. The molecule has 0 saturated carbocycles. The van der Waals surface area contributed by atoms with E-state index in [9.17, 15) is 0 Å². The smallest absolute Gasteiger partial charge is 0.243 e. The Balaban J connectivity index is 2.01. The highest BCUT2D eigenvalue weighted by atomic mass is 32.2. The molecule has 0 aromatic carbocycles. The first kappa shape index (κ1) is 14.2. The van der Waals surface area contributed by atoms with Crippen LogP contribution in [0.5, 0.6) is 0 Å². The number of nitrogens with one attached hydrogen (secondary N) is 1. The molecule has 1 fully saturated rings. The maximum Gasteiger partial charge on any atom is 0.243 e. The SMILES string of the molecule is CCNC(C)c1nc(C2CSC(C)C(C)S2)no1. The van der Waals surface area contributed by atoms with Crippen molar-refractivity contribution in [3.63, 3.8) is 0 Å². The van der Waals surface area contributed by atoms with Crippen molar-refractivity contribution in [1.82, 2.24) is 15.5 Å². The van der Waals surface area contributed by atoms with Crippen molar-refractivity contribution in [2.75, 3.05) is 12.3 Å². The van der Waals surface area contributed by atoms with Crippen molar-refractivity contribution < 1.29 is 4.52 Å². The van der Waals surface area contributed by atoms with E-state index >= 15 is 0 Å². The van der Waals surface area contributed by atoms with Crippen molar-refractivity contribution in [3.8, 4) is 0 Å². The van der Waals surface area contributed by atoms with Gasteiger partial charge in [0, 0.05) is 16.3 Å². The van der Waals surface area contributed by atoms with Crippen LogP contribution >= 0.6 is 23.5 Å². The van der Waals surface area contributed by atoms with E-state index in [4.69, 9.17) is 4.52 Å². The molecule has 1 N–H and O–H groups in total. The van der Waals surface area contributed by atoms with Crippen LogP contribution in [0.2, 0.25) is 0 Å². The van der Waals surface area contributed by atoms with E-state index in [0.29, 0.717) is 21.6 Å². The lowest BCUT2D eigenvalue weighted by Gasteiger charge is -2.29. The van der Waals surface area contributed by atoms with Gasteiger partial charge in [-0.1, -0.05) is 25.9 Å². The third-order valence-electron chi connectivity index (χ3n) is 3.18. The molecule has 2 heterocycles. The van der Waals surface area contributed by atoms with E-state index in [1.807, 2.05) is 30.4 Å². The Hall–Kier alpha value is -0.200.